The lowest BCUT2D eigenvalue weighted by atomic mass is 10.0. The Morgan fingerprint density at radius 1 is 0.886 bits per heavy atom. The highest BCUT2D eigenvalue weighted by atomic mass is 35.5. The van der Waals surface area contributed by atoms with Crippen LogP contribution in [0.4, 0.5) is 5.69 Å². The number of sulfonamides is 1. The van der Waals surface area contributed by atoms with Crippen molar-refractivity contribution in [1.82, 2.24) is 10.2 Å². The highest BCUT2D eigenvalue weighted by molar-refractivity contribution is 7.93. The Balaban J connectivity index is 1.25. The van der Waals surface area contributed by atoms with Crippen LogP contribution < -0.4 is 9.62 Å². The van der Waals surface area contributed by atoms with Crippen molar-refractivity contribution >= 4 is 49.9 Å². The van der Waals surface area contributed by atoms with E-state index in [9.17, 15) is 18.0 Å². The summed E-state index contributed by atoms with van der Waals surface area (Å²) in [5.41, 5.74) is 2.46. The van der Waals surface area contributed by atoms with Crippen LogP contribution in [0.5, 0.6) is 0 Å². The first-order chi connectivity index (χ1) is 21.3. The minimum Gasteiger partial charge on any atom is -0.352 e. The quantitative estimate of drug-likeness (QED) is 0.206. The van der Waals surface area contributed by atoms with Crippen molar-refractivity contribution in [2.75, 3.05) is 10.8 Å². The lowest BCUT2D eigenvalue weighted by molar-refractivity contribution is -0.141. The Morgan fingerprint density at radius 3 is 2.32 bits per heavy atom. The summed E-state index contributed by atoms with van der Waals surface area (Å²) in [6, 6.07) is 27.3. The zero-order valence-corrected chi connectivity index (χ0v) is 26.1. The van der Waals surface area contributed by atoms with E-state index in [1.54, 1.807) is 29.2 Å². The predicted octanol–water partition coefficient (Wildman–Crippen LogP) is 6.48. The van der Waals surface area contributed by atoms with Crippen molar-refractivity contribution in [1.29, 1.82) is 0 Å². The molecule has 0 radical (unpaired) electrons. The highest BCUT2D eigenvalue weighted by Crippen LogP contribution is 2.42. The van der Waals surface area contributed by atoms with Gasteiger partial charge in [0.2, 0.25) is 11.8 Å². The molecule has 0 bridgehead atoms. The first-order valence-electron chi connectivity index (χ1n) is 15.2. The molecule has 2 aliphatic rings. The molecule has 1 N–H and O–H groups in total. The van der Waals surface area contributed by atoms with Gasteiger partial charge in [0, 0.05) is 42.4 Å². The van der Waals surface area contributed by atoms with Crippen molar-refractivity contribution in [3.05, 3.63) is 107 Å². The normalized spacial score (nSPS) is 16.2. The van der Waals surface area contributed by atoms with Gasteiger partial charge >= 0.3 is 0 Å². The maximum Gasteiger partial charge on any atom is 0.265 e. The predicted molar refractivity (Wildman–Crippen MR) is 174 cm³/mol. The molecule has 1 aliphatic carbocycles. The van der Waals surface area contributed by atoms with Crippen LogP contribution in [0.3, 0.4) is 0 Å². The summed E-state index contributed by atoms with van der Waals surface area (Å²) in [5.74, 6) is -0.359. The average Bonchev–Trinajstić information content (AvgIpc) is 3.61. The summed E-state index contributed by atoms with van der Waals surface area (Å²) in [4.78, 5) is 29.9. The lowest BCUT2D eigenvalue weighted by Gasteiger charge is -2.32. The number of anilines is 1. The second-order valence-corrected chi connectivity index (χ2v) is 13.9. The van der Waals surface area contributed by atoms with Crippen LogP contribution in [0.2, 0.25) is 5.02 Å². The number of benzene rings is 4. The van der Waals surface area contributed by atoms with Crippen LogP contribution in [-0.2, 0) is 32.6 Å². The van der Waals surface area contributed by atoms with Gasteiger partial charge in [-0.05, 0) is 60.0 Å². The van der Waals surface area contributed by atoms with Crippen molar-refractivity contribution in [3.8, 4) is 0 Å². The fourth-order valence-electron chi connectivity index (χ4n) is 6.42. The smallest absolute Gasteiger partial charge is 0.265 e. The SMILES string of the molecule is O=C(NC1CCCC1)C(Cc1ccccc1)N(Cc1ccc(Cl)cc1)C(=O)CCCN1c2cccc3cccc(c23)S1(=O)=O. The number of amides is 2. The Kier molecular flexibility index (Phi) is 8.91. The van der Waals surface area contributed by atoms with Gasteiger partial charge in [-0.25, -0.2) is 8.42 Å². The highest BCUT2D eigenvalue weighted by Gasteiger charge is 2.36. The standard InChI is InChI=1S/C35H36ClN3O4S/c36-28-20-18-26(19-21-28)24-38(31(23-25-9-2-1-3-10-25)35(41)37-29-13-4-5-14-29)33(40)17-8-22-39-30-15-6-11-27-12-7-16-32(34(27)30)44(39,42)43/h1-3,6-7,9-12,15-16,18-21,29,31H,4-5,8,13-14,17,22-24H2,(H,37,41). The summed E-state index contributed by atoms with van der Waals surface area (Å²) >= 11 is 6.14. The van der Waals surface area contributed by atoms with Crippen LogP contribution in [-0.4, -0.2) is 43.8 Å². The molecular weight excluding hydrogens is 594 g/mol. The number of nitrogens with one attached hydrogen (secondary N) is 1. The number of hydrogen-bond donors (Lipinski definition) is 1. The summed E-state index contributed by atoms with van der Waals surface area (Å²) in [6.45, 7) is 0.395. The molecule has 1 aliphatic heterocycles. The fraction of sp³-hybridized carbons (Fsp3) is 0.314. The van der Waals surface area contributed by atoms with Gasteiger partial charge in [0.25, 0.3) is 10.0 Å². The van der Waals surface area contributed by atoms with Crippen LogP contribution >= 0.6 is 11.6 Å². The third-order valence-electron chi connectivity index (χ3n) is 8.67. The van der Waals surface area contributed by atoms with Crippen molar-refractivity contribution in [2.45, 2.75) is 68.5 Å². The first kappa shape index (κ1) is 30.2. The summed E-state index contributed by atoms with van der Waals surface area (Å²) in [7, 11) is -3.72. The molecule has 1 fully saturated rings. The molecule has 0 spiro atoms. The van der Waals surface area contributed by atoms with E-state index < -0.39 is 16.1 Å². The van der Waals surface area contributed by atoms with Crippen molar-refractivity contribution in [3.63, 3.8) is 0 Å². The van der Waals surface area contributed by atoms with E-state index in [-0.39, 0.29) is 37.4 Å². The van der Waals surface area contributed by atoms with Crippen LogP contribution in [0.15, 0.2) is 95.9 Å². The van der Waals surface area contributed by atoms with E-state index in [1.807, 2.05) is 66.7 Å². The third kappa shape index (κ3) is 6.33. The summed E-state index contributed by atoms with van der Waals surface area (Å²) in [6.07, 6.45) is 4.81. The van der Waals surface area contributed by atoms with Gasteiger partial charge < -0.3 is 10.2 Å². The van der Waals surface area contributed by atoms with Gasteiger partial charge in [0.05, 0.1) is 10.6 Å². The molecule has 6 rings (SSSR count). The lowest BCUT2D eigenvalue weighted by Crippen LogP contribution is -2.52. The van der Waals surface area contributed by atoms with Gasteiger partial charge in [-0.2, -0.15) is 0 Å². The molecule has 1 saturated carbocycles. The van der Waals surface area contributed by atoms with Crippen LogP contribution in [0.25, 0.3) is 10.8 Å². The van der Waals surface area contributed by atoms with Gasteiger partial charge in [-0.1, -0.05) is 91.2 Å². The molecule has 2 amide bonds. The van der Waals surface area contributed by atoms with Crippen molar-refractivity contribution in [2.24, 2.45) is 0 Å². The van der Waals surface area contributed by atoms with Crippen LogP contribution in [0, 0.1) is 0 Å². The topological polar surface area (TPSA) is 86.8 Å². The van der Waals surface area contributed by atoms with Gasteiger partial charge in [-0.3, -0.25) is 13.9 Å². The second kappa shape index (κ2) is 13.0. The molecule has 1 atom stereocenters. The summed E-state index contributed by atoms with van der Waals surface area (Å²) < 4.78 is 28.4. The molecule has 0 aromatic heterocycles. The Bertz CT molecular complexity index is 1750. The van der Waals surface area contributed by atoms with E-state index in [2.05, 4.69) is 5.32 Å². The number of hydrogen-bond acceptors (Lipinski definition) is 4. The van der Waals surface area contributed by atoms with E-state index in [4.69, 9.17) is 11.6 Å². The summed E-state index contributed by atoms with van der Waals surface area (Å²) in [5, 5.41) is 5.40. The molecule has 1 unspecified atom stereocenters. The van der Waals surface area contributed by atoms with Gasteiger partial charge in [0.15, 0.2) is 0 Å². The number of nitrogens with zero attached hydrogens (tertiary/aromatic N) is 2. The average molecular weight is 630 g/mol. The molecule has 9 heteroatoms. The zero-order chi connectivity index (χ0) is 30.7. The molecule has 4 aromatic rings. The van der Waals surface area contributed by atoms with Gasteiger partial charge in [0.1, 0.15) is 6.04 Å². The number of carbonyl (C=O) groups is 2. The number of halogens is 1. The van der Waals surface area contributed by atoms with Gasteiger partial charge in [-0.15, -0.1) is 0 Å². The molecule has 228 valence electrons. The number of carbonyl (C=O) groups excluding carboxylic acids is 2. The Morgan fingerprint density at radius 2 is 1.59 bits per heavy atom. The van der Waals surface area contributed by atoms with E-state index in [0.717, 1.165) is 47.6 Å². The Labute approximate surface area is 263 Å². The molecular formula is C35H36ClN3O4S. The van der Waals surface area contributed by atoms with E-state index in [0.29, 0.717) is 28.4 Å². The molecule has 44 heavy (non-hydrogen) atoms. The Hall–Kier alpha value is -3.88. The minimum absolute atomic E-state index is 0.0912. The number of rotatable bonds is 11. The first-order valence-corrected chi connectivity index (χ1v) is 17.1. The van der Waals surface area contributed by atoms with Crippen molar-refractivity contribution < 1.29 is 18.0 Å². The minimum atomic E-state index is -3.72. The maximum absolute atomic E-state index is 14.1. The monoisotopic (exact) mass is 629 g/mol. The van der Waals surface area contributed by atoms with Crippen LogP contribution in [0.1, 0.15) is 49.7 Å². The van der Waals surface area contributed by atoms with E-state index in [1.165, 1.54) is 4.31 Å². The maximum atomic E-state index is 14.1. The molecule has 0 saturated heterocycles. The third-order valence-corrected chi connectivity index (χ3v) is 10.8. The second-order valence-electron chi connectivity index (χ2n) is 11.7. The largest absolute Gasteiger partial charge is 0.352 e. The fourth-order valence-corrected chi connectivity index (χ4v) is 8.30. The zero-order valence-electron chi connectivity index (χ0n) is 24.5. The molecule has 1 heterocycles. The van der Waals surface area contributed by atoms with E-state index >= 15 is 0 Å². The molecule has 7 nitrogen and oxygen atoms in total. The molecule has 4 aromatic carbocycles.